The Morgan fingerprint density at radius 1 is 1.00 bits per heavy atom. The number of rotatable bonds is 6. The zero-order valence-electron chi connectivity index (χ0n) is 15.5. The number of carbonyl (C=O) groups is 1. The van der Waals surface area contributed by atoms with Gasteiger partial charge in [0.15, 0.2) is 17.5 Å². The van der Waals surface area contributed by atoms with Gasteiger partial charge in [-0.15, -0.1) is 0 Å². The molecular formula is C20H23F3N2O2. The van der Waals surface area contributed by atoms with E-state index in [1.165, 1.54) is 5.56 Å². The van der Waals surface area contributed by atoms with Crippen molar-refractivity contribution >= 4 is 11.7 Å². The highest BCUT2D eigenvalue weighted by Gasteiger charge is 2.15. The van der Waals surface area contributed by atoms with Gasteiger partial charge in [-0.3, -0.25) is 0 Å². The van der Waals surface area contributed by atoms with Gasteiger partial charge in [0.2, 0.25) is 0 Å². The van der Waals surface area contributed by atoms with Crippen molar-refractivity contribution in [1.82, 2.24) is 5.32 Å². The minimum atomic E-state index is -1.63. The summed E-state index contributed by atoms with van der Waals surface area (Å²) >= 11 is 0. The zero-order chi connectivity index (χ0) is 20.0. The molecule has 4 nitrogen and oxygen atoms in total. The summed E-state index contributed by atoms with van der Waals surface area (Å²) in [7, 11) is 0. The molecule has 0 bridgehead atoms. The lowest BCUT2D eigenvalue weighted by Crippen LogP contribution is -2.30. The van der Waals surface area contributed by atoms with E-state index < -0.39 is 29.2 Å². The lowest BCUT2D eigenvalue weighted by Gasteiger charge is -2.19. The summed E-state index contributed by atoms with van der Waals surface area (Å²) in [6, 6.07) is 8.80. The van der Waals surface area contributed by atoms with E-state index in [0.29, 0.717) is 13.0 Å². The first-order valence-electron chi connectivity index (χ1n) is 8.60. The van der Waals surface area contributed by atoms with E-state index in [2.05, 4.69) is 31.4 Å². The Bertz CT molecular complexity index is 787. The number of halogens is 3. The van der Waals surface area contributed by atoms with Crippen molar-refractivity contribution in [3.63, 3.8) is 0 Å². The predicted molar refractivity (Wildman–Crippen MR) is 98.6 cm³/mol. The quantitative estimate of drug-likeness (QED) is 0.548. The minimum Gasteiger partial charge on any atom is -0.494 e. The highest BCUT2D eigenvalue weighted by molar-refractivity contribution is 5.89. The van der Waals surface area contributed by atoms with E-state index in [4.69, 9.17) is 4.74 Å². The van der Waals surface area contributed by atoms with Crippen LogP contribution in [0.2, 0.25) is 0 Å². The molecule has 0 aliphatic carbocycles. The van der Waals surface area contributed by atoms with E-state index in [1.54, 1.807) is 0 Å². The topological polar surface area (TPSA) is 50.4 Å². The number of benzene rings is 2. The van der Waals surface area contributed by atoms with Crippen LogP contribution in [-0.2, 0) is 5.41 Å². The Balaban J connectivity index is 1.71. The molecule has 0 aromatic heterocycles. The monoisotopic (exact) mass is 380 g/mol. The van der Waals surface area contributed by atoms with Crippen LogP contribution in [-0.4, -0.2) is 19.2 Å². The molecule has 2 N–H and O–H groups in total. The lowest BCUT2D eigenvalue weighted by atomic mass is 9.87. The van der Waals surface area contributed by atoms with Gasteiger partial charge >= 0.3 is 6.03 Å². The van der Waals surface area contributed by atoms with Crippen molar-refractivity contribution in [3.8, 4) is 5.75 Å². The Morgan fingerprint density at radius 2 is 1.67 bits per heavy atom. The summed E-state index contributed by atoms with van der Waals surface area (Å²) in [5.41, 5.74) is 0.849. The highest BCUT2D eigenvalue weighted by Crippen LogP contribution is 2.24. The number of hydrogen-bond acceptors (Lipinski definition) is 2. The molecule has 0 aliphatic heterocycles. The first-order valence-corrected chi connectivity index (χ1v) is 8.60. The van der Waals surface area contributed by atoms with Gasteiger partial charge < -0.3 is 15.4 Å². The fraction of sp³-hybridized carbons (Fsp3) is 0.350. The van der Waals surface area contributed by atoms with Crippen LogP contribution >= 0.6 is 0 Å². The van der Waals surface area contributed by atoms with Crippen LogP contribution in [0.25, 0.3) is 0 Å². The van der Waals surface area contributed by atoms with Gasteiger partial charge in [-0.2, -0.15) is 0 Å². The van der Waals surface area contributed by atoms with Gasteiger partial charge in [0.1, 0.15) is 5.75 Å². The maximum absolute atomic E-state index is 13.5. The maximum atomic E-state index is 13.5. The van der Waals surface area contributed by atoms with Crippen molar-refractivity contribution in [1.29, 1.82) is 0 Å². The van der Waals surface area contributed by atoms with Crippen molar-refractivity contribution < 1.29 is 22.7 Å². The number of carbonyl (C=O) groups excluding carboxylic acids is 1. The molecule has 0 spiro atoms. The Hall–Kier alpha value is -2.70. The SMILES string of the molecule is CC(C)(C)c1ccc(OCCCNC(=O)Nc2ccc(F)c(F)c2F)cc1. The van der Waals surface area contributed by atoms with Crippen LogP contribution in [0.15, 0.2) is 36.4 Å². The van der Waals surface area contributed by atoms with Gasteiger partial charge in [0.25, 0.3) is 0 Å². The molecule has 2 aromatic carbocycles. The number of amides is 2. The summed E-state index contributed by atoms with van der Waals surface area (Å²) < 4.78 is 45.0. The van der Waals surface area contributed by atoms with E-state index in [-0.39, 0.29) is 12.0 Å². The van der Waals surface area contributed by atoms with Gasteiger partial charge in [-0.05, 0) is 41.7 Å². The molecule has 0 fully saturated rings. The van der Waals surface area contributed by atoms with Crippen LogP contribution < -0.4 is 15.4 Å². The first-order chi connectivity index (χ1) is 12.7. The van der Waals surface area contributed by atoms with Crippen LogP contribution in [0.1, 0.15) is 32.8 Å². The molecule has 0 unspecified atom stereocenters. The molecule has 2 rings (SSSR count). The standard InChI is InChI=1S/C20H23F3N2O2/c1-20(2,3)13-5-7-14(8-6-13)27-12-4-11-24-19(26)25-16-10-9-15(21)17(22)18(16)23/h5-10H,4,11-12H2,1-3H3,(H2,24,25,26). The van der Waals surface area contributed by atoms with Crippen molar-refractivity contribution in [3.05, 3.63) is 59.4 Å². The van der Waals surface area contributed by atoms with Crippen LogP contribution in [0.3, 0.4) is 0 Å². The van der Waals surface area contributed by atoms with E-state index in [0.717, 1.165) is 17.9 Å². The number of urea groups is 1. The number of ether oxygens (including phenoxy) is 1. The van der Waals surface area contributed by atoms with Gasteiger partial charge in [0.05, 0.1) is 12.3 Å². The lowest BCUT2D eigenvalue weighted by molar-refractivity contribution is 0.250. The third-order valence-electron chi connectivity index (χ3n) is 3.88. The molecule has 0 saturated carbocycles. The number of anilines is 1. The Morgan fingerprint density at radius 3 is 2.30 bits per heavy atom. The average Bonchev–Trinajstić information content (AvgIpc) is 2.61. The maximum Gasteiger partial charge on any atom is 0.319 e. The summed E-state index contributed by atoms with van der Waals surface area (Å²) in [6.45, 7) is 7.05. The van der Waals surface area contributed by atoms with Crippen molar-refractivity contribution in [2.75, 3.05) is 18.5 Å². The molecule has 7 heteroatoms. The number of nitrogens with one attached hydrogen (secondary N) is 2. The summed E-state index contributed by atoms with van der Waals surface area (Å²) in [5, 5.41) is 4.63. The second-order valence-corrected chi connectivity index (χ2v) is 7.08. The fourth-order valence-electron chi connectivity index (χ4n) is 2.30. The van der Waals surface area contributed by atoms with Crippen molar-refractivity contribution in [2.24, 2.45) is 0 Å². The highest BCUT2D eigenvalue weighted by atomic mass is 19.2. The average molecular weight is 380 g/mol. The second kappa shape index (κ2) is 8.79. The normalized spacial score (nSPS) is 11.2. The molecule has 0 atom stereocenters. The largest absolute Gasteiger partial charge is 0.494 e. The summed E-state index contributed by atoms with van der Waals surface area (Å²) in [4.78, 5) is 11.7. The van der Waals surface area contributed by atoms with Crippen LogP contribution in [0, 0.1) is 17.5 Å². The molecule has 0 saturated heterocycles. The first kappa shape index (κ1) is 20.6. The fourth-order valence-corrected chi connectivity index (χ4v) is 2.30. The zero-order valence-corrected chi connectivity index (χ0v) is 15.5. The van der Waals surface area contributed by atoms with Gasteiger partial charge in [0, 0.05) is 6.54 Å². The Labute approximate surface area is 156 Å². The third-order valence-corrected chi connectivity index (χ3v) is 3.88. The van der Waals surface area contributed by atoms with E-state index >= 15 is 0 Å². The smallest absolute Gasteiger partial charge is 0.319 e. The molecular weight excluding hydrogens is 357 g/mol. The van der Waals surface area contributed by atoms with Crippen LogP contribution in [0.4, 0.5) is 23.7 Å². The molecule has 0 radical (unpaired) electrons. The van der Waals surface area contributed by atoms with Crippen LogP contribution in [0.5, 0.6) is 5.75 Å². The van der Waals surface area contributed by atoms with E-state index in [9.17, 15) is 18.0 Å². The van der Waals surface area contributed by atoms with Gasteiger partial charge in [-0.25, -0.2) is 18.0 Å². The second-order valence-electron chi connectivity index (χ2n) is 7.08. The molecule has 0 aliphatic rings. The molecule has 2 aromatic rings. The summed E-state index contributed by atoms with van der Waals surface area (Å²) in [6.07, 6.45) is 0.523. The van der Waals surface area contributed by atoms with E-state index in [1.807, 2.05) is 24.3 Å². The molecule has 2 amide bonds. The predicted octanol–water partition coefficient (Wildman–Crippen LogP) is 4.99. The minimum absolute atomic E-state index is 0.0721. The Kier molecular flexibility index (Phi) is 6.71. The third kappa shape index (κ3) is 5.91. The summed E-state index contributed by atoms with van der Waals surface area (Å²) in [5.74, 6) is -3.65. The molecule has 27 heavy (non-hydrogen) atoms. The number of hydrogen-bond donors (Lipinski definition) is 2. The molecule has 0 heterocycles. The van der Waals surface area contributed by atoms with Crippen molar-refractivity contribution in [2.45, 2.75) is 32.6 Å². The van der Waals surface area contributed by atoms with Gasteiger partial charge in [-0.1, -0.05) is 32.9 Å². The molecule has 146 valence electrons.